The fourth-order valence-corrected chi connectivity index (χ4v) is 3.19. The van der Waals surface area contributed by atoms with E-state index in [1.807, 2.05) is 54.6 Å². The maximum Gasteiger partial charge on any atom is 0.271 e. The van der Waals surface area contributed by atoms with Crippen LogP contribution >= 0.6 is 11.8 Å². The highest BCUT2D eigenvalue weighted by Crippen LogP contribution is 2.22. The molecule has 0 aliphatic heterocycles. The summed E-state index contributed by atoms with van der Waals surface area (Å²) in [6, 6.07) is 17.2. The van der Waals surface area contributed by atoms with Crippen LogP contribution in [0.25, 0.3) is 10.9 Å². The van der Waals surface area contributed by atoms with Crippen LogP contribution in [0, 0.1) is 0 Å². The van der Waals surface area contributed by atoms with Crippen LogP contribution in [0.15, 0.2) is 65.7 Å². The van der Waals surface area contributed by atoms with E-state index in [9.17, 15) is 9.59 Å². The Morgan fingerprint density at radius 3 is 2.50 bits per heavy atom. The topological polar surface area (TPSA) is 74.0 Å². The number of rotatable bonds is 4. The zero-order valence-corrected chi connectivity index (χ0v) is 13.9. The van der Waals surface area contributed by atoms with Gasteiger partial charge in [0.15, 0.2) is 0 Å². The predicted molar refractivity (Wildman–Crippen MR) is 95.7 cm³/mol. The maximum atomic E-state index is 12.3. The minimum absolute atomic E-state index is 0.253. The Morgan fingerprint density at radius 2 is 1.71 bits per heavy atom. The first-order valence-corrected chi connectivity index (χ1v) is 8.41. The number of amides is 2. The van der Waals surface area contributed by atoms with Gasteiger partial charge in [-0.2, -0.15) is 0 Å². The number of para-hydroxylation sites is 1. The average molecular weight is 339 g/mol. The number of aromatic nitrogens is 1. The Labute approximate surface area is 143 Å². The van der Waals surface area contributed by atoms with E-state index >= 15 is 0 Å². The van der Waals surface area contributed by atoms with Crippen LogP contribution in [0.4, 0.5) is 0 Å². The first kappa shape index (κ1) is 16.1. The standard InChI is InChI=1S/C18H17N3O2S/c1-12(24-13-7-3-2-4-8-13)17(22)20-21-18(23)15-11-19-16-10-6-5-9-14(15)16/h2-12,19H,1H3,(H,20,22)(H,21,23). The third-order valence-electron chi connectivity index (χ3n) is 3.56. The molecule has 0 spiro atoms. The van der Waals surface area contributed by atoms with Gasteiger partial charge in [0, 0.05) is 22.0 Å². The number of hydrogen-bond acceptors (Lipinski definition) is 3. The van der Waals surface area contributed by atoms with Crippen molar-refractivity contribution in [3.63, 3.8) is 0 Å². The molecule has 6 heteroatoms. The van der Waals surface area contributed by atoms with Gasteiger partial charge in [-0.1, -0.05) is 36.4 Å². The van der Waals surface area contributed by atoms with E-state index in [1.54, 1.807) is 13.1 Å². The van der Waals surface area contributed by atoms with E-state index in [2.05, 4.69) is 15.8 Å². The molecular formula is C18H17N3O2S. The fourth-order valence-electron chi connectivity index (χ4n) is 2.30. The van der Waals surface area contributed by atoms with Gasteiger partial charge in [-0.3, -0.25) is 20.4 Å². The third-order valence-corrected chi connectivity index (χ3v) is 4.67. The molecule has 2 amide bonds. The van der Waals surface area contributed by atoms with Crippen molar-refractivity contribution in [2.75, 3.05) is 0 Å². The summed E-state index contributed by atoms with van der Waals surface area (Å²) >= 11 is 1.43. The Hall–Kier alpha value is -2.73. The minimum Gasteiger partial charge on any atom is -0.360 e. The van der Waals surface area contributed by atoms with Crippen LogP contribution in [0.5, 0.6) is 0 Å². The molecule has 5 nitrogen and oxygen atoms in total. The molecule has 3 aromatic rings. The zero-order valence-electron chi connectivity index (χ0n) is 13.1. The lowest BCUT2D eigenvalue weighted by molar-refractivity contribution is -0.121. The number of hydrogen-bond donors (Lipinski definition) is 3. The molecule has 122 valence electrons. The summed E-state index contributed by atoms with van der Waals surface area (Å²) < 4.78 is 0. The summed E-state index contributed by atoms with van der Waals surface area (Å²) in [7, 11) is 0. The second kappa shape index (κ2) is 7.23. The zero-order chi connectivity index (χ0) is 16.9. The van der Waals surface area contributed by atoms with Crippen LogP contribution in [-0.4, -0.2) is 22.0 Å². The molecule has 1 unspecified atom stereocenters. The molecule has 3 rings (SSSR count). The van der Waals surface area contributed by atoms with Crippen molar-refractivity contribution in [2.24, 2.45) is 0 Å². The van der Waals surface area contributed by atoms with Crippen molar-refractivity contribution in [1.82, 2.24) is 15.8 Å². The number of hydrazine groups is 1. The fraction of sp³-hybridized carbons (Fsp3) is 0.111. The van der Waals surface area contributed by atoms with Crippen molar-refractivity contribution < 1.29 is 9.59 Å². The summed E-state index contributed by atoms with van der Waals surface area (Å²) in [6.07, 6.45) is 1.63. The number of H-pyrrole nitrogens is 1. The van der Waals surface area contributed by atoms with Crippen molar-refractivity contribution in [1.29, 1.82) is 0 Å². The van der Waals surface area contributed by atoms with Gasteiger partial charge in [0.25, 0.3) is 11.8 Å². The lowest BCUT2D eigenvalue weighted by atomic mass is 10.2. The van der Waals surface area contributed by atoms with Crippen LogP contribution in [0.1, 0.15) is 17.3 Å². The molecule has 1 heterocycles. The number of carbonyl (C=O) groups excluding carboxylic acids is 2. The second-order valence-corrected chi connectivity index (χ2v) is 6.68. The molecule has 0 aliphatic carbocycles. The minimum atomic E-state index is -0.349. The molecule has 0 fully saturated rings. The van der Waals surface area contributed by atoms with E-state index < -0.39 is 0 Å². The van der Waals surface area contributed by atoms with Gasteiger partial charge >= 0.3 is 0 Å². The summed E-state index contributed by atoms with van der Waals surface area (Å²) in [5.41, 5.74) is 6.33. The monoisotopic (exact) mass is 339 g/mol. The van der Waals surface area contributed by atoms with Crippen LogP contribution in [-0.2, 0) is 4.79 Å². The molecule has 24 heavy (non-hydrogen) atoms. The number of carbonyl (C=O) groups is 2. The highest BCUT2D eigenvalue weighted by Gasteiger charge is 2.16. The van der Waals surface area contributed by atoms with Crippen molar-refractivity contribution in [3.05, 3.63) is 66.4 Å². The molecule has 2 aromatic carbocycles. The molecule has 0 aliphatic rings. The van der Waals surface area contributed by atoms with Gasteiger partial charge in [-0.25, -0.2) is 0 Å². The summed E-state index contributed by atoms with van der Waals surface area (Å²) in [4.78, 5) is 28.4. The van der Waals surface area contributed by atoms with Gasteiger partial charge < -0.3 is 4.98 Å². The lowest BCUT2D eigenvalue weighted by Crippen LogP contribution is -2.44. The summed E-state index contributed by atoms with van der Waals surface area (Å²) in [5, 5.41) is 0.492. The predicted octanol–water partition coefficient (Wildman–Crippen LogP) is 3.11. The van der Waals surface area contributed by atoms with Crippen LogP contribution < -0.4 is 10.9 Å². The van der Waals surface area contributed by atoms with E-state index in [1.165, 1.54) is 11.8 Å². The summed E-state index contributed by atoms with van der Waals surface area (Å²) in [6.45, 7) is 1.80. The molecule has 0 saturated heterocycles. The van der Waals surface area contributed by atoms with Crippen molar-refractivity contribution in [3.8, 4) is 0 Å². The molecule has 0 radical (unpaired) electrons. The quantitative estimate of drug-likeness (QED) is 0.505. The lowest BCUT2D eigenvalue weighted by Gasteiger charge is -2.12. The van der Waals surface area contributed by atoms with Gasteiger partial charge in [0.1, 0.15) is 0 Å². The maximum absolute atomic E-state index is 12.3. The van der Waals surface area contributed by atoms with Crippen LogP contribution in [0.2, 0.25) is 0 Å². The second-order valence-electron chi connectivity index (χ2n) is 5.26. The molecular weight excluding hydrogens is 322 g/mol. The van der Waals surface area contributed by atoms with Crippen molar-refractivity contribution in [2.45, 2.75) is 17.1 Å². The van der Waals surface area contributed by atoms with Gasteiger partial charge in [0.2, 0.25) is 0 Å². The number of benzene rings is 2. The molecule has 3 N–H and O–H groups in total. The number of nitrogens with one attached hydrogen (secondary N) is 3. The number of fused-ring (bicyclic) bond motifs is 1. The SMILES string of the molecule is CC(Sc1ccccc1)C(=O)NNC(=O)c1c[nH]c2ccccc12. The Morgan fingerprint density at radius 1 is 1.00 bits per heavy atom. The Balaban J connectivity index is 1.58. The largest absolute Gasteiger partial charge is 0.360 e. The molecule has 1 atom stereocenters. The number of aromatic amines is 1. The van der Waals surface area contributed by atoms with E-state index in [-0.39, 0.29) is 17.1 Å². The first-order chi connectivity index (χ1) is 11.6. The molecule has 0 saturated carbocycles. The normalized spacial score (nSPS) is 11.9. The highest BCUT2D eigenvalue weighted by atomic mass is 32.2. The number of thioether (sulfide) groups is 1. The van der Waals surface area contributed by atoms with E-state index in [0.29, 0.717) is 5.56 Å². The van der Waals surface area contributed by atoms with E-state index in [4.69, 9.17) is 0 Å². The van der Waals surface area contributed by atoms with Crippen molar-refractivity contribution >= 4 is 34.5 Å². The smallest absolute Gasteiger partial charge is 0.271 e. The van der Waals surface area contributed by atoms with Gasteiger partial charge in [0.05, 0.1) is 10.8 Å². The average Bonchev–Trinajstić information content (AvgIpc) is 3.04. The Bertz CT molecular complexity index is 861. The van der Waals surface area contributed by atoms with Gasteiger partial charge in [-0.05, 0) is 25.1 Å². The van der Waals surface area contributed by atoms with E-state index in [0.717, 1.165) is 15.8 Å². The summed E-state index contributed by atoms with van der Waals surface area (Å²) in [5.74, 6) is -0.602. The van der Waals surface area contributed by atoms with Gasteiger partial charge in [-0.15, -0.1) is 11.8 Å². The highest BCUT2D eigenvalue weighted by molar-refractivity contribution is 8.00. The molecule has 0 bridgehead atoms. The third kappa shape index (κ3) is 3.60. The molecule has 1 aromatic heterocycles. The Kier molecular flexibility index (Phi) is 4.86. The first-order valence-electron chi connectivity index (χ1n) is 7.53. The van der Waals surface area contributed by atoms with Crippen LogP contribution in [0.3, 0.4) is 0 Å².